The number of guanidine groups is 1. The normalized spacial score (nSPS) is 13.8. The standard InChI is InChI=1S/C23H29N5/c1-18(21-12-8-5-9-13-21)19(2)27-23(24-3)26-16-22-25-14-15-28(22)17-20-10-6-4-7-11-20/h4-15,18-19H,16-17H2,1-3H3,(H2,24,26,27). The fraction of sp³-hybridized carbons (Fsp3) is 0.304. The average Bonchev–Trinajstić information content (AvgIpc) is 3.18. The lowest BCUT2D eigenvalue weighted by Gasteiger charge is -2.24. The summed E-state index contributed by atoms with van der Waals surface area (Å²) in [5.74, 6) is 2.14. The number of hydrogen-bond donors (Lipinski definition) is 2. The van der Waals surface area contributed by atoms with Crippen LogP contribution in [0.1, 0.15) is 36.7 Å². The van der Waals surface area contributed by atoms with E-state index in [0.29, 0.717) is 12.5 Å². The molecule has 0 bridgehead atoms. The average molecular weight is 376 g/mol. The van der Waals surface area contributed by atoms with E-state index in [1.165, 1.54) is 11.1 Å². The molecule has 28 heavy (non-hydrogen) atoms. The van der Waals surface area contributed by atoms with E-state index >= 15 is 0 Å². The molecule has 0 fully saturated rings. The Morgan fingerprint density at radius 2 is 1.71 bits per heavy atom. The maximum Gasteiger partial charge on any atom is 0.191 e. The second kappa shape index (κ2) is 9.74. The third-order valence-corrected chi connectivity index (χ3v) is 5.07. The van der Waals surface area contributed by atoms with E-state index in [4.69, 9.17) is 0 Å². The van der Waals surface area contributed by atoms with Gasteiger partial charge >= 0.3 is 0 Å². The molecule has 0 aliphatic carbocycles. The Morgan fingerprint density at radius 1 is 1.04 bits per heavy atom. The molecule has 2 N–H and O–H groups in total. The van der Waals surface area contributed by atoms with Gasteiger partial charge in [0, 0.05) is 37.9 Å². The topological polar surface area (TPSA) is 54.2 Å². The van der Waals surface area contributed by atoms with Gasteiger partial charge in [0.2, 0.25) is 0 Å². The molecule has 5 heteroatoms. The first kappa shape index (κ1) is 19.7. The van der Waals surface area contributed by atoms with Crippen molar-refractivity contribution in [2.24, 2.45) is 4.99 Å². The van der Waals surface area contributed by atoms with Crippen LogP contribution in [0.25, 0.3) is 0 Å². The lowest BCUT2D eigenvalue weighted by Crippen LogP contribution is -2.44. The number of nitrogens with zero attached hydrogens (tertiary/aromatic N) is 3. The van der Waals surface area contributed by atoms with Crippen molar-refractivity contribution >= 4 is 5.96 Å². The lowest BCUT2D eigenvalue weighted by molar-refractivity contribution is 0.548. The van der Waals surface area contributed by atoms with Gasteiger partial charge in [-0.05, 0) is 18.1 Å². The highest BCUT2D eigenvalue weighted by Gasteiger charge is 2.15. The van der Waals surface area contributed by atoms with Crippen LogP contribution in [0.15, 0.2) is 78.0 Å². The molecule has 146 valence electrons. The van der Waals surface area contributed by atoms with Crippen LogP contribution in [0.2, 0.25) is 0 Å². The minimum Gasteiger partial charge on any atom is -0.353 e. The molecule has 0 saturated heterocycles. The summed E-state index contributed by atoms with van der Waals surface area (Å²) in [6.07, 6.45) is 3.86. The lowest BCUT2D eigenvalue weighted by atomic mass is 9.94. The fourth-order valence-corrected chi connectivity index (χ4v) is 3.17. The smallest absolute Gasteiger partial charge is 0.191 e. The largest absolute Gasteiger partial charge is 0.353 e. The van der Waals surface area contributed by atoms with Crippen LogP contribution in [0.3, 0.4) is 0 Å². The molecule has 2 unspecified atom stereocenters. The number of rotatable bonds is 7. The summed E-state index contributed by atoms with van der Waals surface area (Å²) in [5, 5.41) is 6.89. The van der Waals surface area contributed by atoms with Crippen molar-refractivity contribution in [2.75, 3.05) is 7.05 Å². The number of imidazole rings is 1. The van der Waals surface area contributed by atoms with E-state index in [1.54, 1.807) is 7.05 Å². The van der Waals surface area contributed by atoms with Gasteiger partial charge in [-0.3, -0.25) is 4.99 Å². The summed E-state index contributed by atoms with van der Waals surface area (Å²) in [6, 6.07) is 21.2. The predicted octanol–water partition coefficient (Wildman–Crippen LogP) is 3.79. The van der Waals surface area contributed by atoms with Crippen molar-refractivity contribution in [3.63, 3.8) is 0 Å². The number of benzene rings is 2. The summed E-state index contributed by atoms with van der Waals surface area (Å²) in [6.45, 7) is 5.84. The molecular formula is C23H29N5. The van der Waals surface area contributed by atoms with Crippen molar-refractivity contribution in [3.05, 3.63) is 90.0 Å². The van der Waals surface area contributed by atoms with Gasteiger partial charge in [-0.25, -0.2) is 4.98 Å². The van der Waals surface area contributed by atoms with Gasteiger partial charge in [0.05, 0.1) is 6.54 Å². The molecule has 2 atom stereocenters. The molecule has 3 aromatic rings. The second-order valence-corrected chi connectivity index (χ2v) is 7.02. The minimum atomic E-state index is 0.248. The van der Waals surface area contributed by atoms with Gasteiger partial charge in [-0.1, -0.05) is 67.6 Å². The van der Waals surface area contributed by atoms with E-state index in [9.17, 15) is 0 Å². The van der Waals surface area contributed by atoms with Crippen molar-refractivity contribution in [1.29, 1.82) is 0 Å². The first-order valence-electron chi connectivity index (χ1n) is 9.73. The molecule has 0 amide bonds. The predicted molar refractivity (Wildman–Crippen MR) is 115 cm³/mol. The van der Waals surface area contributed by atoms with Gasteiger partial charge in [0.1, 0.15) is 5.82 Å². The number of nitrogens with one attached hydrogen (secondary N) is 2. The second-order valence-electron chi connectivity index (χ2n) is 7.02. The van der Waals surface area contributed by atoms with Crippen LogP contribution in [0.4, 0.5) is 0 Å². The molecule has 0 aliphatic heterocycles. The van der Waals surface area contributed by atoms with Gasteiger partial charge in [-0.2, -0.15) is 0 Å². The summed E-state index contributed by atoms with van der Waals surface area (Å²) in [5.41, 5.74) is 2.57. The Balaban J connectivity index is 1.57. The summed E-state index contributed by atoms with van der Waals surface area (Å²) in [4.78, 5) is 8.87. The zero-order chi connectivity index (χ0) is 19.8. The maximum atomic E-state index is 4.50. The first-order chi connectivity index (χ1) is 13.7. The molecule has 1 heterocycles. The quantitative estimate of drug-likeness (QED) is 0.488. The minimum absolute atomic E-state index is 0.248. The summed E-state index contributed by atoms with van der Waals surface area (Å²) in [7, 11) is 1.80. The van der Waals surface area contributed by atoms with Crippen LogP contribution < -0.4 is 10.6 Å². The Labute approximate surface area is 167 Å². The van der Waals surface area contributed by atoms with E-state index in [0.717, 1.165) is 18.3 Å². The van der Waals surface area contributed by atoms with Crippen molar-refractivity contribution < 1.29 is 0 Å². The third-order valence-electron chi connectivity index (χ3n) is 5.07. The molecule has 0 aliphatic rings. The molecule has 0 spiro atoms. The number of aromatic nitrogens is 2. The van der Waals surface area contributed by atoms with Crippen LogP contribution in [-0.4, -0.2) is 28.6 Å². The third kappa shape index (κ3) is 5.22. The Kier molecular flexibility index (Phi) is 6.84. The summed E-state index contributed by atoms with van der Waals surface area (Å²) < 4.78 is 2.16. The maximum absolute atomic E-state index is 4.50. The molecular weight excluding hydrogens is 346 g/mol. The Bertz CT molecular complexity index is 870. The van der Waals surface area contributed by atoms with Gasteiger partial charge in [0.15, 0.2) is 5.96 Å². The van der Waals surface area contributed by atoms with E-state index in [1.807, 2.05) is 24.5 Å². The molecule has 1 aromatic heterocycles. The van der Waals surface area contributed by atoms with Crippen LogP contribution >= 0.6 is 0 Å². The van der Waals surface area contributed by atoms with E-state index < -0.39 is 0 Å². The SMILES string of the molecule is CN=C(NCc1nccn1Cc1ccccc1)NC(C)C(C)c1ccccc1. The molecule has 2 aromatic carbocycles. The van der Waals surface area contributed by atoms with Gasteiger partial charge in [-0.15, -0.1) is 0 Å². The Hall–Kier alpha value is -3.08. The van der Waals surface area contributed by atoms with Crippen molar-refractivity contribution in [2.45, 2.75) is 38.9 Å². The van der Waals surface area contributed by atoms with Crippen LogP contribution in [0.5, 0.6) is 0 Å². The fourth-order valence-electron chi connectivity index (χ4n) is 3.17. The van der Waals surface area contributed by atoms with Crippen LogP contribution in [0, 0.1) is 0 Å². The van der Waals surface area contributed by atoms with Crippen molar-refractivity contribution in [1.82, 2.24) is 20.2 Å². The highest BCUT2D eigenvalue weighted by Crippen LogP contribution is 2.18. The molecule has 0 saturated carbocycles. The monoisotopic (exact) mass is 375 g/mol. The van der Waals surface area contributed by atoms with Gasteiger partial charge in [0.25, 0.3) is 0 Å². The van der Waals surface area contributed by atoms with Crippen molar-refractivity contribution in [3.8, 4) is 0 Å². The van der Waals surface area contributed by atoms with E-state index in [2.05, 4.69) is 87.6 Å². The van der Waals surface area contributed by atoms with Gasteiger partial charge < -0.3 is 15.2 Å². The molecule has 5 nitrogen and oxygen atoms in total. The zero-order valence-electron chi connectivity index (χ0n) is 16.8. The highest BCUT2D eigenvalue weighted by atomic mass is 15.2. The van der Waals surface area contributed by atoms with E-state index in [-0.39, 0.29) is 6.04 Å². The zero-order valence-corrected chi connectivity index (χ0v) is 16.8. The first-order valence-corrected chi connectivity index (χ1v) is 9.73. The van der Waals surface area contributed by atoms with Crippen LogP contribution in [-0.2, 0) is 13.1 Å². The summed E-state index contributed by atoms with van der Waals surface area (Å²) >= 11 is 0. The number of aliphatic imine (C=N–C) groups is 1. The molecule has 3 rings (SSSR count). The Morgan fingerprint density at radius 3 is 2.39 bits per heavy atom. The number of hydrogen-bond acceptors (Lipinski definition) is 2. The molecule has 0 radical (unpaired) electrons. The highest BCUT2D eigenvalue weighted by molar-refractivity contribution is 5.79.